The zero-order chi connectivity index (χ0) is 21.0. The van der Waals surface area contributed by atoms with E-state index in [1.54, 1.807) is 11.0 Å². The molecule has 3 aliphatic heterocycles. The molecule has 0 radical (unpaired) electrons. The first kappa shape index (κ1) is 19.7. The molecule has 0 spiro atoms. The van der Waals surface area contributed by atoms with Crippen LogP contribution in [0, 0.1) is 0 Å². The second-order valence-electron chi connectivity index (χ2n) is 8.67. The van der Waals surface area contributed by atoms with Gasteiger partial charge >= 0.3 is 13.1 Å². The topological polar surface area (TPSA) is 109 Å². The van der Waals surface area contributed by atoms with E-state index in [0.29, 0.717) is 26.1 Å². The lowest BCUT2D eigenvalue weighted by molar-refractivity contribution is -0.144. The van der Waals surface area contributed by atoms with Crippen LogP contribution in [0.1, 0.15) is 34.7 Å². The van der Waals surface area contributed by atoms with Crippen LogP contribution in [0.25, 0.3) is 0 Å². The number of amides is 1. The van der Waals surface area contributed by atoms with E-state index in [2.05, 4.69) is 4.90 Å². The summed E-state index contributed by atoms with van der Waals surface area (Å²) >= 11 is 0. The molecule has 2 N–H and O–H groups in total. The number of aromatic carboxylic acids is 1. The highest BCUT2D eigenvalue weighted by atomic mass is 16.5. The Labute approximate surface area is 174 Å². The number of carboxylic acids is 1. The van der Waals surface area contributed by atoms with Crippen molar-refractivity contribution in [1.82, 2.24) is 9.80 Å². The number of carbonyl (C=O) groups excluding carboxylic acids is 1. The Morgan fingerprint density at radius 3 is 2.83 bits per heavy atom. The zero-order valence-electron chi connectivity index (χ0n) is 16.8. The number of benzene rings is 1. The summed E-state index contributed by atoms with van der Waals surface area (Å²) in [4.78, 5) is 28.2. The predicted octanol–water partition coefficient (Wildman–Crippen LogP) is 0.425. The lowest BCUT2D eigenvalue weighted by Gasteiger charge is -2.40. The molecule has 10 heteroatoms. The number of hydrogen-bond acceptors (Lipinski definition) is 7. The Hall–Kier alpha value is -2.30. The molecule has 1 aromatic rings. The molecule has 1 aliphatic carbocycles. The molecule has 1 aromatic carbocycles. The standard InChI is InChI=1S/C20H25BN2O7/c1-22-4-5-28-11(8-22)6-17(24)23-9-12(10-23)29-16-3-2-13-14-7-15(14)21(27)30-19(13)18(16)20(25)26/h2-3,11-12,14-15,27H,4-10H2,1H3,(H,25,26)/t11-,14-,15-/m0/s1. The molecule has 4 aliphatic rings. The SMILES string of the molecule is CN1CCO[C@@H](CC(=O)N2CC(Oc3ccc4c(c3C(=O)O)OB(O)[C@H]3C[C@@H]43)C2)C1. The smallest absolute Gasteiger partial charge is 0.526 e. The lowest BCUT2D eigenvalue weighted by atomic mass is 9.77. The van der Waals surface area contributed by atoms with Gasteiger partial charge < -0.3 is 34.1 Å². The van der Waals surface area contributed by atoms with Gasteiger partial charge in [-0.05, 0) is 31.0 Å². The van der Waals surface area contributed by atoms with Crippen LogP contribution >= 0.6 is 0 Å². The van der Waals surface area contributed by atoms with Crippen LogP contribution in [0.2, 0.25) is 5.82 Å². The van der Waals surface area contributed by atoms with Gasteiger partial charge in [0.05, 0.1) is 32.2 Å². The summed E-state index contributed by atoms with van der Waals surface area (Å²) in [6.45, 7) is 3.07. The summed E-state index contributed by atoms with van der Waals surface area (Å²) in [5.74, 6) is -0.526. The Kier molecular flexibility index (Phi) is 4.87. The van der Waals surface area contributed by atoms with Crippen molar-refractivity contribution in [2.24, 2.45) is 0 Å². The molecule has 0 aromatic heterocycles. The molecule has 3 fully saturated rings. The molecule has 3 heterocycles. The number of morpholine rings is 1. The molecule has 0 bridgehead atoms. The molecule has 3 atom stereocenters. The van der Waals surface area contributed by atoms with Crippen LogP contribution in [0.15, 0.2) is 12.1 Å². The summed E-state index contributed by atoms with van der Waals surface area (Å²) in [6, 6.07) is 3.49. The molecule has 1 saturated carbocycles. The van der Waals surface area contributed by atoms with Gasteiger partial charge in [0.1, 0.15) is 23.2 Å². The third kappa shape index (κ3) is 3.53. The quantitative estimate of drug-likeness (QED) is 0.666. The van der Waals surface area contributed by atoms with Gasteiger partial charge in [0.2, 0.25) is 5.91 Å². The average molecular weight is 416 g/mol. The van der Waals surface area contributed by atoms with Gasteiger partial charge in [0, 0.05) is 18.9 Å². The minimum Gasteiger partial charge on any atom is -0.535 e. The molecule has 2 saturated heterocycles. The van der Waals surface area contributed by atoms with Gasteiger partial charge in [0.25, 0.3) is 0 Å². The fourth-order valence-corrected chi connectivity index (χ4v) is 4.61. The van der Waals surface area contributed by atoms with Crippen molar-refractivity contribution in [2.75, 3.05) is 39.8 Å². The summed E-state index contributed by atoms with van der Waals surface area (Å²) in [6.07, 6.45) is 0.769. The van der Waals surface area contributed by atoms with E-state index >= 15 is 0 Å². The number of carbonyl (C=O) groups is 2. The molecule has 1 amide bonds. The Morgan fingerprint density at radius 1 is 1.30 bits per heavy atom. The number of nitrogens with zero attached hydrogens (tertiary/aromatic N) is 2. The van der Waals surface area contributed by atoms with Crippen molar-refractivity contribution in [1.29, 1.82) is 0 Å². The maximum atomic E-state index is 12.5. The number of likely N-dealkylation sites (tertiary alicyclic amines) is 1. The van der Waals surface area contributed by atoms with Gasteiger partial charge in [-0.15, -0.1) is 0 Å². The number of rotatable bonds is 5. The molecule has 30 heavy (non-hydrogen) atoms. The Balaban J connectivity index is 1.22. The van der Waals surface area contributed by atoms with Crippen molar-refractivity contribution < 1.29 is 33.8 Å². The summed E-state index contributed by atoms with van der Waals surface area (Å²) in [7, 11) is 1.03. The fourth-order valence-electron chi connectivity index (χ4n) is 4.61. The van der Waals surface area contributed by atoms with Gasteiger partial charge in [-0.25, -0.2) is 4.79 Å². The van der Waals surface area contributed by atoms with Crippen molar-refractivity contribution in [3.63, 3.8) is 0 Å². The zero-order valence-corrected chi connectivity index (χ0v) is 16.8. The number of fused-ring (bicyclic) bond motifs is 3. The van der Waals surface area contributed by atoms with Gasteiger partial charge in [0.15, 0.2) is 0 Å². The van der Waals surface area contributed by atoms with Crippen molar-refractivity contribution >= 4 is 19.0 Å². The fraction of sp³-hybridized carbons (Fsp3) is 0.600. The number of hydrogen-bond donors (Lipinski definition) is 2. The molecule has 5 rings (SSSR count). The number of ether oxygens (including phenoxy) is 2. The van der Waals surface area contributed by atoms with Gasteiger partial charge in [-0.2, -0.15) is 0 Å². The highest BCUT2D eigenvalue weighted by molar-refractivity contribution is 6.48. The van der Waals surface area contributed by atoms with E-state index in [-0.39, 0.29) is 46.9 Å². The maximum Gasteiger partial charge on any atom is 0.526 e. The van der Waals surface area contributed by atoms with Gasteiger partial charge in [-0.3, -0.25) is 4.79 Å². The first-order valence-corrected chi connectivity index (χ1v) is 10.4. The van der Waals surface area contributed by atoms with E-state index in [4.69, 9.17) is 14.1 Å². The maximum absolute atomic E-state index is 12.5. The van der Waals surface area contributed by atoms with Crippen molar-refractivity contribution in [2.45, 2.75) is 36.8 Å². The highest BCUT2D eigenvalue weighted by Gasteiger charge is 2.54. The normalized spacial score (nSPS) is 28.1. The second-order valence-corrected chi connectivity index (χ2v) is 8.67. The molecular weight excluding hydrogens is 391 g/mol. The minimum atomic E-state index is -1.15. The Morgan fingerprint density at radius 2 is 2.10 bits per heavy atom. The van der Waals surface area contributed by atoms with Crippen LogP contribution in [0.3, 0.4) is 0 Å². The van der Waals surface area contributed by atoms with E-state index in [9.17, 15) is 19.7 Å². The van der Waals surface area contributed by atoms with Crippen LogP contribution in [0.4, 0.5) is 0 Å². The van der Waals surface area contributed by atoms with Crippen molar-refractivity contribution in [3.05, 3.63) is 23.3 Å². The van der Waals surface area contributed by atoms with Crippen molar-refractivity contribution in [3.8, 4) is 11.5 Å². The first-order chi connectivity index (χ1) is 14.4. The van der Waals surface area contributed by atoms with Crippen LogP contribution in [-0.2, 0) is 9.53 Å². The van der Waals surface area contributed by atoms with E-state index in [1.807, 2.05) is 13.1 Å². The lowest BCUT2D eigenvalue weighted by Crippen LogP contribution is -2.57. The average Bonchev–Trinajstić information content (AvgIpc) is 3.45. The number of likely N-dealkylation sites (N-methyl/N-ethyl adjacent to an activating group) is 1. The third-order valence-corrected chi connectivity index (χ3v) is 6.45. The summed E-state index contributed by atoms with van der Waals surface area (Å²) in [5, 5.41) is 19.8. The van der Waals surface area contributed by atoms with E-state index in [1.165, 1.54) is 0 Å². The number of carboxylic acid groups (broad SMARTS) is 1. The summed E-state index contributed by atoms with van der Waals surface area (Å²) in [5.41, 5.74) is 0.762. The van der Waals surface area contributed by atoms with Crippen LogP contribution in [0.5, 0.6) is 11.5 Å². The Bertz CT molecular complexity index is 875. The second kappa shape index (κ2) is 7.44. The van der Waals surface area contributed by atoms with Gasteiger partial charge in [-0.1, -0.05) is 6.07 Å². The van der Waals surface area contributed by atoms with E-state index < -0.39 is 13.1 Å². The molecule has 0 unspecified atom stereocenters. The monoisotopic (exact) mass is 416 g/mol. The highest BCUT2D eigenvalue weighted by Crippen LogP contribution is 2.60. The third-order valence-electron chi connectivity index (χ3n) is 6.45. The molecular formula is C20H25BN2O7. The predicted molar refractivity (Wildman–Crippen MR) is 106 cm³/mol. The van der Waals surface area contributed by atoms with E-state index in [0.717, 1.165) is 25.1 Å². The molecule has 160 valence electrons. The minimum absolute atomic E-state index is 0.0188. The first-order valence-electron chi connectivity index (χ1n) is 10.4. The largest absolute Gasteiger partial charge is 0.535 e. The summed E-state index contributed by atoms with van der Waals surface area (Å²) < 4.78 is 17.1. The van der Waals surface area contributed by atoms with Crippen LogP contribution < -0.4 is 9.39 Å². The molecule has 9 nitrogen and oxygen atoms in total. The van der Waals surface area contributed by atoms with Crippen LogP contribution in [-0.4, -0.2) is 91.0 Å².